The number of hydrogen-bond acceptors (Lipinski definition) is 6. The smallest absolute Gasteiger partial charge is 0.264 e. The molecule has 35 heavy (non-hydrogen) atoms. The van der Waals surface area contributed by atoms with Crippen LogP contribution in [0, 0.1) is 30.1 Å². The van der Waals surface area contributed by atoms with Gasteiger partial charge in [-0.25, -0.2) is 4.98 Å². The van der Waals surface area contributed by atoms with E-state index in [1.165, 1.54) is 38.5 Å². The average Bonchev–Trinajstić information content (AvgIpc) is 3.21. The standard InChI is InChI=1S/C27H35N3O4S/c1-17-3-5-23-22(4-6-24(28-23)30-8-7-21(16-30)34-35(2,32)33)26(17)29-25(31)15-27-12-18-9-19(13-27)11-20(10-18)14-27/h3-6,18-21H,7-16H2,1-2H3,(H,29,31)/t18?,19?,20?,21-,27?/m1/s1. The highest BCUT2D eigenvalue weighted by Crippen LogP contribution is 2.61. The second-order valence-corrected chi connectivity index (χ2v) is 13.4. The second-order valence-electron chi connectivity index (χ2n) is 11.8. The van der Waals surface area contributed by atoms with Crippen LogP contribution in [-0.4, -0.2) is 44.8 Å². The molecule has 188 valence electrons. The predicted octanol–water partition coefficient (Wildman–Crippen LogP) is 4.64. The van der Waals surface area contributed by atoms with Crippen LogP contribution in [0.25, 0.3) is 10.9 Å². The van der Waals surface area contributed by atoms with E-state index >= 15 is 0 Å². The summed E-state index contributed by atoms with van der Waals surface area (Å²) < 4.78 is 28.1. The van der Waals surface area contributed by atoms with Crippen molar-refractivity contribution in [3.63, 3.8) is 0 Å². The van der Waals surface area contributed by atoms with E-state index in [1.54, 1.807) is 0 Å². The number of fused-ring (bicyclic) bond motifs is 1. The Morgan fingerprint density at radius 2 is 1.80 bits per heavy atom. The Balaban J connectivity index is 1.19. The molecule has 4 bridgehead atoms. The molecule has 0 unspecified atom stereocenters. The number of carbonyl (C=O) groups excluding carboxylic acids is 1. The fraction of sp³-hybridized carbons (Fsp3) is 0.630. The van der Waals surface area contributed by atoms with Crippen LogP contribution in [0.5, 0.6) is 0 Å². The largest absolute Gasteiger partial charge is 0.354 e. The number of anilines is 2. The molecule has 1 aliphatic heterocycles. The summed E-state index contributed by atoms with van der Waals surface area (Å²) in [6.45, 7) is 3.21. The van der Waals surface area contributed by atoms with Crippen molar-refractivity contribution in [2.45, 2.75) is 64.4 Å². The molecule has 0 radical (unpaired) electrons. The van der Waals surface area contributed by atoms with Crippen LogP contribution < -0.4 is 10.2 Å². The summed E-state index contributed by atoms with van der Waals surface area (Å²) in [6, 6.07) is 7.98. The molecule has 8 heteroatoms. The number of aromatic nitrogens is 1. The quantitative estimate of drug-likeness (QED) is 0.585. The Morgan fingerprint density at radius 3 is 2.46 bits per heavy atom. The SMILES string of the molecule is Cc1ccc2nc(N3CC[C@@H](OS(C)(=O)=O)C3)ccc2c1NC(=O)CC12CC3CC(CC(C3)C1)C2. The molecule has 1 saturated heterocycles. The Bertz CT molecular complexity index is 1240. The lowest BCUT2D eigenvalue weighted by atomic mass is 9.49. The van der Waals surface area contributed by atoms with Crippen LogP contribution in [0.2, 0.25) is 0 Å². The van der Waals surface area contributed by atoms with Crippen molar-refractivity contribution in [3.8, 4) is 0 Å². The van der Waals surface area contributed by atoms with Crippen molar-refractivity contribution in [1.29, 1.82) is 0 Å². The van der Waals surface area contributed by atoms with E-state index in [0.717, 1.165) is 52.0 Å². The summed E-state index contributed by atoms with van der Waals surface area (Å²) in [5, 5.41) is 4.21. The van der Waals surface area contributed by atoms with Gasteiger partial charge >= 0.3 is 0 Å². The van der Waals surface area contributed by atoms with E-state index < -0.39 is 10.1 Å². The summed E-state index contributed by atoms with van der Waals surface area (Å²) in [5.74, 6) is 3.44. The number of benzene rings is 1. The van der Waals surface area contributed by atoms with Crippen LogP contribution in [0.1, 0.15) is 56.9 Å². The van der Waals surface area contributed by atoms with E-state index in [1.807, 2.05) is 31.2 Å². The number of pyridine rings is 1. The molecule has 5 aliphatic rings. The van der Waals surface area contributed by atoms with E-state index in [9.17, 15) is 13.2 Å². The fourth-order valence-corrected chi connectivity index (χ4v) is 8.59. The normalized spacial score (nSPS) is 31.9. The van der Waals surface area contributed by atoms with Crippen LogP contribution in [-0.2, 0) is 19.1 Å². The molecule has 0 spiro atoms. The van der Waals surface area contributed by atoms with Gasteiger partial charge in [-0.05, 0) is 98.8 Å². The Hall–Kier alpha value is -2.19. The van der Waals surface area contributed by atoms with Crippen molar-refractivity contribution < 1.29 is 17.4 Å². The van der Waals surface area contributed by atoms with E-state index in [2.05, 4.69) is 10.2 Å². The van der Waals surface area contributed by atoms with Gasteiger partial charge in [0, 0.05) is 24.9 Å². The lowest BCUT2D eigenvalue weighted by molar-refractivity contribution is -0.124. The van der Waals surface area contributed by atoms with Gasteiger partial charge in [0.15, 0.2) is 0 Å². The summed E-state index contributed by atoms with van der Waals surface area (Å²) in [4.78, 5) is 20.2. The molecule has 4 aliphatic carbocycles. The van der Waals surface area contributed by atoms with Gasteiger partial charge in [0.2, 0.25) is 5.91 Å². The van der Waals surface area contributed by atoms with Crippen molar-refractivity contribution in [2.24, 2.45) is 23.2 Å². The van der Waals surface area contributed by atoms with Crippen LogP contribution in [0.3, 0.4) is 0 Å². The number of rotatable bonds is 6. The number of amides is 1. The van der Waals surface area contributed by atoms with E-state index in [0.29, 0.717) is 25.9 Å². The maximum atomic E-state index is 13.3. The molecule has 7 nitrogen and oxygen atoms in total. The minimum atomic E-state index is -3.47. The number of hydrogen-bond donors (Lipinski definition) is 1. The molecular weight excluding hydrogens is 462 g/mol. The molecular formula is C27H35N3O4S. The first-order chi connectivity index (χ1) is 16.6. The first kappa shape index (κ1) is 23.2. The fourth-order valence-electron chi connectivity index (χ4n) is 7.94. The highest BCUT2D eigenvalue weighted by Gasteiger charge is 2.51. The Morgan fingerprint density at radius 1 is 1.11 bits per heavy atom. The van der Waals surface area contributed by atoms with Gasteiger partial charge in [-0.3, -0.25) is 8.98 Å². The minimum absolute atomic E-state index is 0.131. The summed E-state index contributed by atoms with van der Waals surface area (Å²) in [7, 11) is -3.47. The molecule has 2 aromatic rings. The summed E-state index contributed by atoms with van der Waals surface area (Å²) in [5.41, 5.74) is 2.93. The third-order valence-corrected chi connectivity index (χ3v) is 9.43. The molecule has 1 aromatic carbocycles. The minimum Gasteiger partial charge on any atom is -0.354 e. The van der Waals surface area contributed by atoms with Crippen LogP contribution >= 0.6 is 0 Å². The molecule has 1 aromatic heterocycles. The predicted molar refractivity (Wildman–Crippen MR) is 137 cm³/mol. The first-order valence-corrected chi connectivity index (χ1v) is 14.8. The molecule has 2 heterocycles. The number of aryl methyl sites for hydroxylation is 1. The van der Waals surface area contributed by atoms with Crippen molar-refractivity contribution in [2.75, 3.05) is 29.6 Å². The summed E-state index contributed by atoms with van der Waals surface area (Å²) >= 11 is 0. The zero-order valence-corrected chi connectivity index (χ0v) is 21.4. The van der Waals surface area contributed by atoms with Gasteiger partial charge in [-0.2, -0.15) is 8.42 Å². The Labute approximate surface area is 207 Å². The van der Waals surface area contributed by atoms with E-state index in [4.69, 9.17) is 9.17 Å². The van der Waals surface area contributed by atoms with Gasteiger partial charge in [0.1, 0.15) is 5.82 Å². The average molecular weight is 498 g/mol. The highest BCUT2D eigenvalue weighted by atomic mass is 32.2. The lowest BCUT2D eigenvalue weighted by Gasteiger charge is -2.56. The number of nitrogens with zero attached hydrogens (tertiary/aromatic N) is 2. The van der Waals surface area contributed by atoms with Crippen molar-refractivity contribution in [1.82, 2.24) is 4.98 Å². The summed E-state index contributed by atoms with van der Waals surface area (Å²) in [6.07, 6.45) is 9.86. The zero-order chi connectivity index (χ0) is 24.4. The van der Waals surface area contributed by atoms with Gasteiger partial charge in [0.25, 0.3) is 10.1 Å². The first-order valence-electron chi connectivity index (χ1n) is 13.0. The van der Waals surface area contributed by atoms with Crippen molar-refractivity contribution >= 4 is 38.4 Å². The van der Waals surface area contributed by atoms with Crippen molar-refractivity contribution in [3.05, 3.63) is 29.8 Å². The second kappa shape index (κ2) is 8.44. The lowest BCUT2D eigenvalue weighted by Crippen LogP contribution is -2.47. The van der Waals surface area contributed by atoms with Gasteiger partial charge in [0.05, 0.1) is 23.6 Å². The molecule has 1 atom stereocenters. The third-order valence-electron chi connectivity index (χ3n) is 8.81. The maximum Gasteiger partial charge on any atom is 0.264 e. The molecule has 4 saturated carbocycles. The topological polar surface area (TPSA) is 88.6 Å². The molecule has 7 rings (SSSR count). The molecule has 1 amide bonds. The molecule has 1 N–H and O–H groups in total. The van der Waals surface area contributed by atoms with Crippen LogP contribution in [0.15, 0.2) is 24.3 Å². The van der Waals surface area contributed by atoms with Crippen LogP contribution in [0.4, 0.5) is 11.5 Å². The zero-order valence-electron chi connectivity index (χ0n) is 20.6. The molecule has 5 fully saturated rings. The number of nitrogens with one attached hydrogen (secondary N) is 1. The third kappa shape index (κ3) is 4.67. The Kier molecular flexibility index (Phi) is 5.60. The number of carbonyl (C=O) groups is 1. The maximum absolute atomic E-state index is 13.3. The van der Waals surface area contributed by atoms with Gasteiger partial charge < -0.3 is 10.2 Å². The van der Waals surface area contributed by atoms with Gasteiger partial charge in [-0.15, -0.1) is 0 Å². The van der Waals surface area contributed by atoms with Gasteiger partial charge in [-0.1, -0.05) is 6.07 Å². The highest BCUT2D eigenvalue weighted by molar-refractivity contribution is 7.86. The van der Waals surface area contributed by atoms with E-state index in [-0.39, 0.29) is 17.4 Å². The monoisotopic (exact) mass is 497 g/mol.